The highest BCUT2D eigenvalue weighted by atomic mass is 35.5. The van der Waals surface area contributed by atoms with Crippen LogP contribution in [-0.4, -0.2) is 36.3 Å². The Morgan fingerprint density at radius 1 is 1.26 bits per heavy atom. The van der Waals surface area contributed by atoms with Crippen LogP contribution in [0.25, 0.3) is 0 Å². The first-order valence-electron chi connectivity index (χ1n) is 7.72. The molecule has 0 saturated carbocycles. The van der Waals surface area contributed by atoms with Gasteiger partial charge in [0, 0.05) is 25.3 Å². The van der Waals surface area contributed by atoms with E-state index in [1.807, 2.05) is 6.07 Å². The number of benzene rings is 1. The monoisotopic (exact) mass is 352 g/mol. The summed E-state index contributed by atoms with van der Waals surface area (Å²) in [5, 5.41) is 1.05. The number of rotatable bonds is 2. The highest BCUT2D eigenvalue weighted by Gasteiger charge is 2.34. The fourth-order valence-corrected chi connectivity index (χ4v) is 3.81. The number of fused-ring (bicyclic) bond motifs is 1. The van der Waals surface area contributed by atoms with Crippen molar-refractivity contribution >= 4 is 40.7 Å². The molecule has 1 aromatic rings. The van der Waals surface area contributed by atoms with Gasteiger partial charge in [-0.2, -0.15) is 0 Å². The second kappa shape index (κ2) is 6.54. The molecular weight excluding hydrogens is 335 g/mol. The Morgan fingerprint density at radius 2 is 2.04 bits per heavy atom. The van der Waals surface area contributed by atoms with E-state index in [4.69, 9.17) is 23.2 Å². The molecule has 0 bridgehead atoms. The highest BCUT2D eigenvalue weighted by molar-refractivity contribution is 6.42. The second-order valence-corrected chi connectivity index (χ2v) is 6.71. The van der Waals surface area contributed by atoms with Crippen molar-refractivity contribution in [3.05, 3.63) is 40.4 Å². The fourth-order valence-electron chi connectivity index (χ4n) is 3.37. The lowest BCUT2D eigenvalue weighted by Crippen LogP contribution is -2.46. The topological polar surface area (TPSA) is 40.6 Å². The maximum atomic E-state index is 12.9. The first-order chi connectivity index (χ1) is 11.0. The SMILES string of the molecule is C=CC(=O)N1CCCC(C(=O)N2CCc3c2ccc(Cl)c3Cl)C1. The molecule has 2 aliphatic heterocycles. The maximum absolute atomic E-state index is 12.9. The number of hydrogen-bond donors (Lipinski definition) is 0. The average molecular weight is 353 g/mol. The summed E-state index contributed by atoms with van der Waals surface area (Å²) in [6, 6.07) is 3.58. The van der Waals surface area contributed by atoms with Crippen molar-refractivity contribution in [2.24, 2.45) is 5.92 Å². The van der Waals surface area contributed by atoms with E-state index in [2.05, 4.69) is 6.58 Å². The third-order valence-electron chi connectivity index (χ3n) is 4.57. The third-order valence-corrected chi connectivity index (χ3v) is 5.41. The second-order valence-electron chi connectivity index (χ2n) is 5.93. The molecule has 1 atom stereocenters. The Bertz CT molecular complexity index is 675. The Labute approximate surface area is 145 Å². The van der Waals surface area contributed by atoms with Crippen LogP contribution in [0, 0.1) is 5.92 Å². The van der Waals surface area contributed by atoms with Gasteiger partial charge in [-0.1, -0.05) is 29.8 Å². The number of amides is 2. The lowest BCUT2D eigenvalue weighted by atomic mass is 9.96. The van der Waals surface area contributed by atoms with Gasteiger partial charge in [-0.05, 0) is 43.0 Å². The summed E-state index contributed by atoms with van der Waals surface area (Å²) >= 11 is 12.3. The molecule has 0 radical (unpaired) electrons. The molecule has 23 heavy (non-hydrogen) atoms. The number of carbonyl (C=O) groups is 2. The van der Waals surface area contributed by atoms with Gasteiger partial charge in [0.25, 0.3) is 0 Å². The number of halogens is 2. The number of likely N-dealkylation sites (tertiary alicyclic amines) is 1. The molecule has 2 heterocycles. The number of carbonyl (C=O) groups excluding carboxylic acids is 2. The molecule has 6 heteroatoms. The maximum Gasteiger partial charge on any atom is 0.245 e. The zero-order chi connectivity index (χ0) is 16.6. The molecule has 4 nitrogen and oxygen atoms in total. The van der Waals surface area contributed by atoms with Gasteiger partial charge in [0.2, 0.25) is 11.8 Å². The predicted molar refractivity (Wildman–Crippen MR) is 92.0 cm³/mol. The van der Waals surface area contributed by atoms with E-state index in [1.54, 1.807) is 15.9 Å². The Hall–Kier alpha value is -1.52. The normalized spacial score (nSPS) is 20.3. The summed E-state index contributed by atoms with van der Waals surface area (Å²) in [5.41, 5.74) is 1.78. The van der Waals surface area contributed by atoms with E-state index in [0.717, 1.165) is 24.1 Å². The van der Waals surface area contributed by atoms with Gasteiger partial charge in [0.1, 0.15) is 0 Å². The van der Waals surface area contributed by atoms with Gasteiger partial charge < -0.3 is 9.80 Å². The largest absolute Gasteiger partial charge is 0.338 e. The summed E-state index contributed by atoms with van der Waals surface area (Å²) in [5.74, 6) is -0.226. The molecule has 1 fully saturated rings. The molecule has 0 spiro atoms. The minimum absolute atomic E-state index is 0.0590. The van der Waals surface area contributed by atoms with Gasteiger partial charge in [-0.3, -0.25) is 9.59 Å². The molecule has 0 aromatic heterocycles. The molecule has 1 aromatic carbocycles. The van der Waals surface area contributed by atoms with E-state index in [0.29, 0.717) is 36.1 Å². The van der Waals surface area contributed by atoms with Crippen LogP contribution in [0.4, 0.5) is 5.69 Å². The van der Waals surface area contributed by atoms with Crippen molar-refractivity contribution < 1.29 is 9.59 Å². The molecule has 1 saturated heterocycles. The Morgan fingerprint density at radius 3 is 2.78 bits per heavy atom. The summed E-state index contributed by atoms with van der Waals surface area (Å²) in [6.45, 7) is 5.27. The minimum atomic E-state index is -0.173. The number of hydrogen-bond acceptors (Lipinski definition) is 2. The van der Waals surface area contributed by atoms with Crippen molar-refractivity contribution in [1.29, 1.82) is 0 Å². The number of piperidine rings is 1. The van der Waals surface area contributed by atoms with E-state index in [1.165, 1.54) is 6.08 Å². The van der Waals surface area contributed by atoms with Crippen LogP contribution in [0.15, 0.2) is 24.8 Å². The summed E-state index contributed by atoms with van der Waals surface area (Å²) in [6.07, 6.45) is 3.65. The van der Waals surface area contributed by atoms with Crippen LogP contribution in [0.2, 0.25) is 10.0 Å². The molecule has 2 aliphatic rings. The zero-order valence-corrected chi connectivity index (χ0v) is 14.2. The predicted octanol–water partition coefficient (Wildman–Crippen LogP) is 3.31. The first kappa shape index (κ1) is 16.3. The Kier molecular flexibility index (Phi) is 4.64. The van der Waals surface area contributed by atoms with Crippen molar-refractivity contribution in [1.82, 2.24) is 4.90 Å². The van der Waals surface area contributed by atoms with Crippen LogP contribution < -0.4 is 4.90 Å². The van der Waals surface area contributed by atoms with Crippen molar-refractivity contribution in [2.75, 3.05) is 24.5 Å². The lowest BCUT2D eigenvalue weighted by Gasteiger charge is -2.33. The van der Waals surface area contributed by atoms with Gasteiger partial charge >= 0.3 is 0 Å². The van der Waals surface area contributed by atoms with Gasteiger partial charge in [-0.15, -0.1) is 0 Å². The van der Waals surface area contributed by atoms with Crippen molar-refractivity contribution in [3.63, 3.8) is 0 Å². The van der Waals surface area contributed by atoms with Crippen LogP contribution in [0.1, 0.15) is 18.4 Å². The highest BCUT2D eigenvalue weighted by Crippen LogP contribution is 2.38. The van der Waals surface area contributed by atoms with Gasteiger partial charge in [0.05, 0.1) is 16.0 Å². The van der Waals surface area contributed by atoms with E-state index in [-0.39, 0.29) is 17.7 Å². The van der Waals surface area contributed by atoms with Crippen LogP contribution in [-0.2, 0) is 16.0 Å². The van der Waals surface area contributed by atoms with Crippen LogP contribution in [0.3, 0.4) is 0 Å². The minimum Gasteiger partial charge on any atom is -0.338 e. The zero-order valence-electron chi connectivity index (χ0n) is 12.7. The number of nitrogens with zero attached hydrogens (tertiary/aromatic N) is 2. The van der Waals surface area contributed by atoms with Crippen LogP contribution in [0.5, 0.6) is 0 Å². The quantitative estimate of drug-likeness (QED) is 0.766. The van der Waals surface area contributed by atoms with Gasteiger partial charge in [-0.25, -0.2) is 0 Å². The summed E-state index contributed by atoms with van der Waals surface area (Å²) in [4.78, 5) is 28.2. The number of anilines is 1. The van der Waals surface area contributed by atoms with E-state index < -0.39 is 0 Å². The molecule has 0 aliphatic carbocycles. The van der Waals surface area contributed by atoms with E-state index >= 15 is 0 Å². The van der Waals surface area contributed by atoms with Crippen molar-refractivity contribution in [3.8, 4) is 0 Å². The lowest BCUT2D eigenvalue weighted by molar-refractivity contribution is -0.131. The standard InChI is InChI=1S/C17H18Cl2N2O2/c1-2-15(22)20-8-3-4-11(10-20)17(23)21-9-7-12-14(21)6-5-13(18)16(12)19/h2,5-6,11H,1,3-4,7-10H2. The van der Waals surface area contributed by atoms with Crippen LogP contribution >= 0.6 is 23.2 Å². The molecule has 122 valence electrons. The summed E-state index contributed by atoms with van der Waals surface area (Å²) in [7, 11) is 0. The fraction of sp³-hybridized carbons (Fsp3) is 0.412. The summed E-state index contributed by atoms with van der Waals surface area (Å²) < 4.78 is 0. The Balaban J connectivity index is 1.79. The molecule has 1 unspecified atom stereocenters. The molecular formula is C17H18Cl2N2O2. The molecule has 3 rings (SSSR count). The molecule has 2 amide bonds. The molecule has 0 N–H and O–H groups in total. The van der Waals surface area contributed by atoms with E-state index in [9.17, 15) is 9.59 Å². The first-order valence-corrected chi connectivity index (χ1v) is 8.48. The van der Waals surface area contributed by atoms with Gasteiger partial charge in [0.15, 0.2) is 0 Å². The average Bonchev–Trinajstić information content (AvgIpc) is 3.01. The third kappa shape index (κ3) is 2.98. The smallest absolute Gasteiger partial charge is 0.245 e. The van der Waals surface area contributed by atoms with Crippen molar-refractivity contribution in [2.45, 2.75) is 19.3 Å².